The maximum absolute atomic E-state index is 11.6. The smallest absolute Gasteiger partial charge is 0.231 e. The number of aryl methyl sites for hydroxylation is 1. The molecule has 3 heterocycles. The molecule has 1 aromatic heterocycles. The van der Waals surface area contributed by atoms with E-state index in [0.29, 0.717) is 6.79 Å². The van der Waals surface area contributed by atoms with E-state index in [1.807, 2.05) is 25.4 Å². The summed E-state index contributed by atoms with van der Waals surface area (Å²) in [5.41, 5.74) is 3.54. The Kier molecular flexibility index (Phi) is 4.72. The van der Waals surface area contributed by atoms with E-state index in [9.17, 15) is 4.79 Å². The van der Waals surface area contributed by atoms with Crippen LogP contribution in [-0.4, -0.2) is 35.1 Å². The van der Waals surface area contributed by atoms with E-state index in [1.165, 1.54) is 24.1 Å². The first-order chi connectivity index (χ1) is 12.9. The van der Waals surface area contributed by atoms with Crippen molar-refractivity contribution < 1.29 is 14.3 Å². The van der Waals surface area contributed by atoms with Crippen LogP contribution in [0.2, 0.25) is 0 Å². The van der Waals surface area contributed by atoms with Gasteiger partial charge in [-0.1, -0.05) is 13.0 Å². The van der Waals surface area contributed by atoms with Crippen molar-refractivity contribution >= 4 is 5.78 Å². The van der Waals surface area contributed by atoms with Crippen molar-refractivity contribution in [3.8, 4) is 11.5 Å². The first-order valence-electron chi connectivity index (χ1n) is 9.69. The quantitative estimate of drug-likeness (QED) is 0.753. The van der Waals surface area contributed by atoms with Crippen LogP contribution in [0.25, 0.3) is 0 Å². The van der Waals surface area contributed by atoms with Crippen LogP contribution in [0.5, 0.6) is 11.5 Å². The third kappa shape index (κ3) is 3.88. The van der Waals surface area contributed by atoms with Crippen LogP contribution in [-0.2, 0) is 20.0 Å². The standard InChI is InChI=1S/C22H28N2O3/c1-16(25)18-10-19(23(3)12-18)13-24-8-4-7-22(2,14-24)11-17-5-6-20-21(9-17)27-15-26-20/h5-6,9-10,12H,4,7-8,11,13-15H2,1-3H3/t22-/m0/s1. The second-order valence-electron chi connectivity index (χ2n) is 8.38. The second kappa shape index (κ2) is 7.04. The lowest BCUT2D eigenvalue weighted by Gasteiger charge is -2.41. The zero-order valence-corrected chi connectivity index (χ0v) is 16.5. The molecule has 2 aliphatic rings. The molecule has 5 nitrogen and oxygen atoms in total. The zero-order chi connectivity index (χ0) is 19.0. The summed E-state index contributed by atoms with van der Waals surface area (Å²) >= 11 is 0. The van der Waals surface area contributed by atoms with Gasteiger partial charge in [0.25, 0.3) is 0 Å². The minimum absolute atomic E-state index is 0.128. The van der Waals surface area contributed by atoms with Crippen LogP contribution >= 0.6 is 0 Å². The molecule has 0 spiro atoms. The van der Waals surface area contributed by atoms with Crippen molar-refractivity contribution in [2.45, 2.75) is 39.7 Å². The summed E-state index contributed by atoms with van der Waals surface area (Å²) in [5.74, 6) is 1.84. The molecule has 1 atom stereocenters. The molecule has 1 saturated heterocycles. The molecular formula is C22H28N2O3. The highest BCUT2D eigenvalue weighted by Gasteiger charge is 2.32. The lowest BCUT2D eigenvalue weighted by atomic mass is 9.77. The average Bonchev–Trinajstić information content (AvgIpc) is 3.21. The number of hydrogen-bond acceptors (Lipinski definition) is 4. The highest BCUT2D eigenvalue weighted by atomic mass is 16.7. The molecule has 0 aliphatic carbocycles. The van der Waals surface area contributed by atoms with Crippen molar-refractivity contribution in [1.29, 1.82) is 0 Å². The van der Waals surface area contributed by atoms with Gasteiger partial charge in [-0.25, -0.2) is 0 Å². The van der Waals surface area contributed by atoms with Gasteiger partial charge in [0.15, 0.2) is 17.3 Å². The van der Waals surface area contributed by atoms with Crippen LogP contribution in [0.1, 0.15) is 48.3 Å². The highest BCUT2D eigenvalue weighted by molar-refractivity contribution is 5.94. The number of aromatic nitrogens is 1. The number of likely N-dealkylation sites (tertiary alicyclic amines) is 1. The monoisotopic (exact) mass is 368 g/mol. The summed E-state index contributed by atoms with van der Waals surface area (Å²) in [7, 11) is 2.03. The number of Topliss-reactive ketones (excluding diaryl/α,β-unsaturated/α-hetero) is 1. The summed E-state index contributed by atoms with van der Waals surface area (Å²) < 4.78 is 13.0. The SMILES string of the molecule is CC(=O)c1cc(CN2CCC[C@@](C)(Cc3ccc4c(c3)OCO4)C2)n(C)c1. The van der Waals surface area contributed by atoms with Crippen LogP contribution in [0.3, 0.4) is 0 Å². The Bertz CT molecular complexity index is 857. The topological polar surface area (TPSA) is 43.7 Å². The molecule has 5 heteroatoms. The molecule has 144 valence electrons. The highest BCUT2D eigenvalue weighted by Crippen LogP contribution is 2.37. The first-order valence-corrected chi connectivity index (χ1v) is 9.69. The normalized spacial score (nSPS) is 22.2. The summed E-state index contributed by atoms with van der Waals surface area (Å²) in [4.78, 5) is 14.2. The van der Waals surface area contributed by atoms with Crippen molar-refractivity contribution in [2.24, 2.45) is 12.5 Å². The Morgan fingerprint density at radius 1 is 1.22 bits per heavy atom. The van der Waals surface area contributed by atoms with Gasteiger partial charge >= 0.3 is 0 Å². The Morgan fingerprint density at radius 3 is 2.81 bits per heavy atom. The van der Waals surface area contributed by atoms with Gasteiger partial charge in [-0.3, -0.25) is 9.69 Å². The Labute approximate surface area is 160 Å². The summed E-state index contributed by atoms with van der Waals surface area (Å²) in [5, 5.41) is 0. The second-order valence-corrected chi connectivity index (χ2v) is 8.38. The summed E-state index contributed by atoms with van der Waals surface area (Å²) in [6, 6.07) is 8.35. The fourth-order valence-electron chi connectivity index (χ4n) is 4.44. The molecule has 0 N–H and O–H groups in total. The van der Waals surface area contributed by atoms with Crippen molar-refractivity contribution in [3.05, 3.63) is 47.3 Å². The van der Waals surface area contributed by atoms with Gasteiger partial charge in [-0.2, -0.15) is 0 Å². The Hall–Kier alpha value is -2.27. The third-order valence-electron chi connectivity index (χ3n) is 5.83. The van der Waals surface area contributed by atoms with Gasteiger partial charge in [-0.05, 0) is 61.9 Å². The predicted molar refractivity (Wildman–Crippen MR) is 104 cm³/mol. The van der Waals surface area contributed by atoms with Gasteiger partial charge in [0.05, 0.1) is 0 Å². The Balaban J connectivity index is 1.44. The van der Waals surface area contributed by atoms with Gasteiger partial charge in [0.2, 0.25) is 6.79 Å². The number of ether oxygens (including phenoxy) is 2. The van der Waals surface area contributed by atoms with Gasteiger partial charge in [0, 0.05) is 37.6 Å². The van der Waals surface area contributed by atoms with Gasteiger partial charge < -0.3 is 14.0 Å². The Morgan fingerprint density at radius 2 is 2.04 bits per heavy atom. The molecule has 27 heavy (non-hydrogen) atoms. The molecule has 2 aromatic rings. The molecule has 0 amide bonds. The minimum atomic E-state index is 0.128. The van der Waals surface area contributed by atoms with E-state index in [2.05, 4.69) is 28.5 Å². The van der Waals surface area contributed by atoms with Crippen molar-refractivity contribution in [1.82, 2.24) is 9.47 Å². The number of benzene rings is 1. The number of fused-ring (bicyclic) bond motifs is 1. The number of ketones is 1. The molecule has 0 bridgehead atoms. The van der Waals surface area contributed by atoms with Crippen LogP contribution in [0.15, 0.2) is 30.5 Å². The molecule has 1 aromatic carbocycles. The molecule has 1 fully saturated rings. The van der Waals surface area contributed by atoms with Crippen LogP contribution < -0.4 is 9.47 Å². The summed E-state index contributed by atoms with van der Waals surface area (Å²) in [6.45, 7) is 7.39. The molecule has 0 unspecified atom stereocenters. The maximum atomic E-state index is 11.6. The number of nitrogens with zero attached hydrogens (tertiary/aromatic N) is 2. The van der Waals surface area contributed by atoms with E-state index in [0.717, 1.165) is 43.1 Å². The molecule has 4 rings (SSSR count). The van der Waals surface area contributed by atoms with Crippen molar-refractivity contribution in [2.75, 3.05) is 19.9 Å². The number of piperidine rings is 1. The lowest BCUT2D eigenvalue weighted by molar-refractivity contribution is 0.0951. The van der Waals surface area contributed by atoms with E-state index >= 15 is 0 Å². The molecular weight excluding hydrogens is 340 g/mol. The molecule has 0 radical (unpaired) electrons. The zero-order valence-electron chi connectivity index (χ0n) is 16.5. The van der Waals surface area contributed by atoms with Crippen LogP contribution in [0, 0.1) is 5.41 Å². The summed E-state index contributed by atoms with van der Waals surface area (Å²) in [6.07, 6.45) is 5.40. The minimum Gasteiger partial charge on any atom is -0.454 e. The molecule has 2 aliphatic heterocycles. The first kappa shape index (κ1) is 18.1. The largest absolute Gasteiger partial charge is 0.454 e. The van der Waals surface area contributed by atoms with Gasteiger partial charge in [0.1, 0.15) is 0 Å². The van der Waals surface area contributed by atoms with E-state index in [1.54, 1.807) is 6.92 Å². The number of rotatable bonds is 5. The van der Waals surface area contributed by atoms with E-state index in [4.69, 9.17) is 9.47 Å². The van der Waals surface area contributed by atoms with E-state index < -0.39 is 0 Å². The number of carbonyl (C=O) groups excluding carboxylic acids is 1. The fraction of sp³-hybridized carbons (Fsp3) is 0.500. The van der Waals surface area contributed by atoms with Gasteiger partial charge in [-0.15, -0.1) is 0 Å². The third-order valence-corrected chi connectivity index (χ3v) is 5.83. The lowest BCUT2D eigenvalue weighted by Crippen LogP contribution is -2.42. The number of hydrogen-bond donors (Lipinski definition) is 0. The average molecular weight is 368 g/mol. The maximum Gasteiger partial charge on any atom is 0.231 e. The van der Waals surface area contributed by atoms with E-state index in [-0.39, 0.29) is 11.2 Å². The fourth-order valence-corrected chi connectivity index (χ4v) is 4.44. The number of carbonyl (C=O) groups is 1. The van der Waals surface area contributed by atoms with Crippen LogP contribution in [0.4, 0.5) is 0 Å². The van der Waals surface area contributed by atoms with Crippen molar-refractivity contribution in [3.63, 3.8) is 0 Å². The predicted octanol–water partition coefficient (Wildman–Crippen LogP) is 3.80. The molecule has 0 saturated carbocycles.